The number of hydrogen-bond acceptors (Lipinski definition) is 5. The van der Waals surface area contributed by atoms with Crippen molar-refractivity contribution in [2.24, 2.45) is 5.92 Å². The number of Topliss-reactive ketones (excluding diaryl/α,β-unsaturated/α-hetero) is 1. The highest BCUT2D eigenvalue weighted by atomic mass is 32.2. The molecule has 0 aromatic rings. The van der Waals surface area contributed by atoms with E-state index in [1.165, 1.54) is 14.2 Å². The SMILES string of the molecule is COC(C)(CC(=O)C1CC2CCC(C1)S2(=O)=O)OC. The first-order chi connectivity index (χ1) is 8.82. The lowest BCUT2D eigenvalue weighted by Gasteiger charge is -2.31. The fraction of sp³-hybridized carbons (Fsp3) is 0.923. The molecule has 0 aromatic heterocycles. The maximum Gasteiger partial charge on any atom is 0.171 e. The van der Waals surface area contributed by atoms with Crippen LogP contribution in [-0.4, -0.2) is 44.7 Å². The van der Waals surface area contributed by atoms with Gasteiger partial charge in [-0.3, -0.25) is 4.79 Å². The topological polar surface area (TPSA) is 69.7 Å². The number of sulfone groups is 1. The normalized spacial score (nSPS) is 33.3. The second kappa shape index (κ2) is 5.14. The summed E-state index contributed by atoms with van der Waals surface area (Å²) in [7, 11) is 0.0465. The minimum absolute atomic E-state index is 0.0537. The van der Waals surface area contributed by atoms with Crippen LogP contribution in [-0.2, 0) is 24.1 Å². The van der Waals surface area contributed by atoms with Crippen molar-refractivity contribution in [3.63, 3.8) is 0 Å². The lowest BCUT2D eigenvalue weighted by molar-refractivity contribution is -0.198. The number of carbonyl (C=O) groups is 1. The van der Waals surface area contributed by atoms with E-state index < -0.39 is 15.6 Å². The smallest absolute Gasteiger partial charge is 0.171 e. The second-order valence-corrected chi connectivity index (χ2v) is 8.28. The van der Waals surface area contributed by atoms with Crippen molar-refractivity contribution in [2.75, 3.05) is 14.2 Å². The predicted octanol–water partition coefficient (Wildman–Crippen LogP) is 1.31. The predicted molar refractivity (Wildman–Crippen MR) is 70.5 cm³/mol. The molecule has 0 amide bonds. The Morgan fingerprint density at radius 1 is 1.16 bits per heavy atom. The average Bonchev–Trinajstić information content (AvgIpc) is 2.59. The van der Waals surface area contributed by atoms with E-state index in [9.17, 15) is 13.2 Å². The third-order valence-electron chi connectivity index (χ3n) is 4.65. The maximum atomic E-state index is 12.3. The zero-order valence-electron chi connectivity index (χ0n) is 11.7. The molecule has 19 heavy (non-hydrogen) atoms. The summed E-state index contributed by atoms with van der Waals surface area (Å²) < 4.78 is 34.4. The maximum absolute atomic E-state index is 12.3. The molecule has 110 valence electrons. The summed E-state index contributed by atoms with van der Waals surface area (Å²) in [6.07, 6.45) is 2.54. The van der Waals surface area contributed by atoms with Crippen LogP contribution < -0.4 is 0 Å². The summed E-state index contributed by atoms with van der Waals surface area (Å²) in [6.45, 7) is 1.72. The Labute approximate surface area is 114 Å². The molecular formula is C13H22O5S. The van der Waals surface area contributed by atoms with Gasteiger partial charge >= 0.3 is 0 Å². The molecule has 0 N–H and O–H groups in total. The summed E-state index contributed by atoms with van der Waals surface area (Å²) in [5, 5.41) is -0.618. The van der Waals surface area contributed by atoms with Crippen LogP contribution in [0.5, 0.6) is 0 Å². The molecule has 2 aliphatic heterocycles. The standard InChI is InChI=1S/C13H22O5S/c1-13(17-2,18-3)8-12(14)9-6-10-4-5-11(7-9)19(10,15)16/h9-11H,4-8H2,1-3H3. The van der Waals surface area contributed by atoms with Gasteiger partial charge in [-0.2, -0.15) is 0 Å². The minimum Gasteiger partial charge on any atom is -0.353 e. The van der Waals surface area contributed by atoms with Gasteiger partial charge in [-0.05, 0) is 32.6 Å². The lowest BCUT2D eigenvalue weighted by Crippen LogP contribution is -2.40. The number of methoxy groups -OCH3 is 2. The Kier molecular flexibility index (Phi) is 4.05. The van der Waals surface area contributed by atoms with Gasteiger partial charge < -0.3 is 9.47 Å². The number of ketones is 1. The largest absolute Gasteiger partial charge is 0.353 e. The average molecular weight is 290 g/mol. The zero-order chi connectivity index (χ0) is 14.3. The third-order valence-corrected chi connectivity index (χ3v) is 7.36. The van der Waals surface area contributed by atoms with Gasteiger partial charge in [0.1, 0.15) is 5.78 Å². The summed E-state index contributed by atoms with van der Waals surface area (Å²) >= 11 is 0. The van der Waals surface area contributed by atoms with E-state index in [2.05, 4.69) is 0 Å². The minimum atomic E-state index is -2.97. The number of ether oxygens (including phenoxy) is 2. The van der Waals surface area contributed by atoms with Crippen LogP contribution >= 0.6 is 0 Å². The molecule has 5 nitrogen and oxygen atoms in total. The van der Waals surface area contributed by atoms with Crippen molar-refractivity contribution < 1.29 is 22.7 Å². The van der Waals surface area contributed by atoms with Crippen LogP contribution in [0.15, 0.2) is 0 Å². The zero-order valence-corrected chi connectivity index (χ0v) is 12.5. The van der Waals surface area contributed by atoms with Gasteiger partial charge in [-0.25, -0.2) is 8.42 Å². The van der Waals surface area contributed by atoms with Crippen molar-refractivity contribution >= 4 is 15.6 Å². The quantitative estimate of drug-likeness (QED) is 0.714. The first-order valence-corrected chi connectivity index (χ1v) is 8.29. The molecule has 2 saturated heterocycles. The fourth-order valence-electron chi connectivity index (χ4n) is 3.16. The molecule has 0 saturated carbocycles. The Morgan fingerprint density at radius 3 is 2.05 bits per heavy atom. The molecule has 2 rings (SSSR count). The number of fused-ring (bicyclic) bond motifs is 2. The number of carbonyl (C=O) groups excluding carboxylic acids is 1. The van der Waals surface area contributed by atoms with E-state index >= 15 is 0 Å². The first kappa shape index (κ1) is 14.9. The highest BCUT2D eigenvalue weighted by Gasteiger charge is 2.49. The molecule has 2 unspecified atom stereocenters. The Morgan fingerprint density at radius 2 is 1.63 bits per heavy atom. The van der Waals surface area contributed by atoms with Crippen LogP contribution in [0.2, 0.25) is 0 Å². The number of rotatable bonds is 5. The summed E-state index contributed by atoms with van der Waals surface area (Å²) in [5.74, 6) is -1.02. The Bertz CT molecular complexity index is 432. The van der Waals surface area contributed by atoms with Crippen LogP contribution in [0.4, 0.5) is 0 Å². The van der Waals surface area contributed by atoms with Gasteiger partial charge in [-0.1, -0.05) is 0 Å². The molecule has 0 aromatic carbocycles. The summed E-state index contributed by atoms with van der Waals surface area (Å²) in [5.41, 5.74) is 0. The van der Waals surface area contributed by atoms with Gasteiger partial charge in [0.15, 0.2) is 15.6 Å². The van der Waals surface area contributed by atoms with Crippen LogP contribution in [0.1, 0.15) is 39.0 Å². The molecule has 6 heteroatoms. The Balaban J connectivity index is 2.04. The Hall–Kier alpha value is -0.460. The molecule has 0 radical (unpaired) electrons. The van der Waals surface area contributed by atoms with Crippen molar-refractivity contribution in [1.29, 1.82) is 0 Å². The van der Waals surface area contributed by atoms with E-state index in [4.69, 9.17) is 9.47 Å². The highest BCUT2D eigenvalue weighted by molar-refractivity contribution is 7.93. The van der Waals surface area contributed by atoms with Crippen LogP contribution in [0.3, 0.4) is 0 Å². The van der Waals surface area contributed by atoms with Gasteiger partial charge in [0.25, 0.3) is 0 Å². The lowest BCUT2D eigenvalue weighted by atomic mass is 9.91. The third kappa shape index (κ3) is 2.71. The van der Waals surface area contributed by atoms with Crippen LogP contribution in [0.25, 0.3) is 0 Å². The van der Waals surface area contributed by atoms with E-state index in [0.29, 0.717) is 25.7 Å². The van der Waals surface area contributed by atoms with Crippen molar-refractivity contribution in [3.8, 4) is 0 Å². The summed E-state index contributed by atoms with van der Waals surface area (Å²) in [4.78, 5) is 12.3. The molecule has 0 aliphatic carbocycles. The molecular weight excluding hydrogens is 268 g/mol. The van der Waals surface area contributed by atoms with Crippen LogP contribution in [0, 0.1) is 5.92 Å². The van der Waals surface area contributed by atoms with Crippen molar-refractivity contribution in [2.45, 2.75) is 55.3 Å². The van der Waals surface area contributed by atoms with Gasteiger partial charge in [0.05, 0.1) is 16.9 Å². The highest BCUT2D eigenvalue weighted by Crippen LogP contribution is 2.42. The second-order valence-electron chi connectivity index (χ2n) is 5.76. The van der Waals surface area contributed by atoms with E-state index in [1.54, 1.807) is 6.92 Å². The van der Waals surface area contributed by atoms with Crippen molar-refractivity contribution in [3.05, 3.63) is 0 Å². The molecule has 2 atom stereocenters. The molecule has 2 bridgehead atoms. The molecule has 2 aliphatic rings. The molecule has 2 fully saturated rings. The number of hydrogen-bond donors (Lipinski definition) is 0. The first-order valence-electron chi connectivity index (χ1n) is 6.68. The summed E-state index contributed by atoms with van der Waals surface area (Å²) in [6, 6.07) is 0. The molecule has 0 spiro atoms. The van der Waals surface area contributed by atoms with E-state index in [1.807, 2.05) is 0 Å². The fourth-order valence-corrected chi connectivity index (χ4v) is 5.63. The van der Waals surface area contributed by atoms with E-state index in [0.717, 1.165) is 0 Å². The van der Waals surface area contributed by atoms with Gasteiger partial charge in [0.2, 0.25) is 0 Å². The van der Waals surface area contributed by atoms with Crippen molar-refractivity contribution in [1.82, 2.24) is 0 Å². The molecule has 2 heterocycles. The van der Waals surface area contributed by atoms with E-state index in [-0.39, 0.29) is 28.6 Å². The monoisotopic (exact) mass is 290 g/mol. The van der Waals surface area contributed by atoms with Gasteiger partial charge in [0, 0.05) is 20.1 Å². The van der Waals surface area contributed by atoms with Gasteiger partial charge in [-0.15, -0.1) is 0 Å².